The number of nitrogens with one attached hydrogen (secondary N) is 1. The number of hydrogen-bond acceptors (Lipinski definition) is 4. The Morgan fingerprint density at radius 3 is 2.39 bits per heavy atom. The largest absolute Gasteiger partial charge is 0.495 e. The summed E-state index contributed by atoms with van der Waals surface area (Å²) >= 11 is 3.36. The van der Waals surface area contributed by atoms with Gasteiger partial charge in [0, 0.05) is 29.2 Å². The number of hydrogen-bond donors (Lipinski definition) is 1. The summed E-state index contributed by atoms with van der Waals surface area (Å²) in [6, 6.07) is 12.5. The lowest BCUT2D eigenvalue weighted by Gasteiger charge is -2.31. The number of sulfonamides is 1. The molecule has 1 aliphatic rings. The van der Waals surface area contributed by atoms with Crippen molar-refractivity contribution in [3.63, 3.8) is 0 Å². The van der Waals surface area contributed by atoms with Crippen molar-refractivity contribution in [2.24, 2.45) is 5.92 Å². The predicted molar refractivity (Wildman–Crippen MR) is 112 cm³/mol. The van der Waals surface area contributed by atoms with Gasteiger partial charge in [-0.2, -0.15) is 4.31 Å². The Hall–Kier alpha value is -1.90. The molecule has 150 valence electrons. The predicted octanol–water partition coefficient (Wildman–Crippen LogP) is 3.81. The van der Waals surface area contributed by atoms with E-state index in [9.17, 15) is 13.2 Å². The van der Waals surface area contributed by atoms with E-state index in [1.54, 1.807) is 12.1 Å². The maximum Gasteiger partial charge on any atom is 0.246 e. The third-order valence-corrected chi connectivity index (χ3v) is 7.32. The number of ether oxygens (including phenoxy) is 1. The number of halogens is 1. The lowest BCUT2D eigenvalue weighted by Crippen LogP contribution is -2.41. The molecular weight excluding hydrogens is 444 g/mol. The van der Waals surface area contributed by atoms with Crippen molar-refractivity contribution in [3.8, 4) is 5.75 Å². The van der Waals surface area contributed by atoms with Crippen LogP contribution >= 0.6 is 15.9 Å². The fourth-order valence-electron chi connectivity index (χ4n) is 3.26. The van der Waals surface area contributed by atoms with Gasteiger partial charge >= 0.3 is 0 Å². The zero-order valence-corrected chi connectivity index (χ0v) is 18.2. The Kier molecular flexibility index (Phi) is 6.42. The van der Waals surface area contributed by atoms with Gasteiger partial charge in [-0.3, -0.25) is 4.79 Å². The smallest absolute Gasteiger partial charge is 0.246 e. The Balaban J connectivity index is 1.67. The lowest BCUT2D eigenvalue weighted by atomic mass is 9.97. The molecule has 0 saturated carbocycles. The van der Waals surface area contributed by atoms with Crippen molar-refractivity contribution < 1.29 is 17.9 Å². The topological polar surface area (TPSA) is 75.7 Å². The zero-order valence-electron chi connectivity index (χ0n) is 15.8. The fourth-order valence-corrected chi connectivity index (χ4v) is 5.23. The monoisotopic (exact) mass is 466 g/mol. The second-order valence-corrected chi connectivity index (χ2v) is 9.65. The number of piperidine rings is 1. The van der Waals surface area contributed by atoms with Gasteiger partial charge in [0.2, 0.25) is 15.9 Å². The number of amides is 1. The molecule has 3 rings (SSSR count). The van der Waals surface area contributed by atoms with Crippen LogP contribution in [0.1, 0.15) is 18.4 Å². The molecule has 1 fully saturated rings. The highest BCUT2D eigenvalue weighted by atomic mass is 79.9. The van der Waals surface area contributed by atoms with Gasteiger partial charge in [0.25, 0.3) is 0 Å². The van der Waals surface area contributed by atoms with E-state index in [-0.39, 0.29) is 16.7 Å². The Bertz CT molecular complexity index is 953. The molecule has 0 unspecified atom stereocenters. The molecule has 0 aliphatic carbocycles. The Labute approximate surface area is 174 Å². The van der Waals surface area contributed by atoms with Crippen LogP contribution in [-0.4, -0.2) is 38.8 Å². The second-order valence-electron chi connectivity index (χ2n) is 6.83. The van der Waals surface area contributed by atoms with E-state index < -0.39 is 10.0 Å². The first kappa shape index (κ1) is 20.8. The molecule has 1 saturated heterocycles. The summed E-state index contributed by atoms with van der Waals surface area (Å²) in [4.78, 5) is 12.7. The molecule has 2 aromatic carbocycles. The standard InChI is InChI=1S/C20H23BrN2O4S/c1-14-3-8-18(27-2)19(13-14)28(25,26)23-11-9-15(10-12-23)20(24)22-17-6-4-16(21)5-7-17/h3-8,13,15H,9-12H2,1-2H3,(H,22,24). The highest BCUT2D eigenvalue weighted by molar-refractivity contribution is 9.10. The van der Waals surface area contributed by atoms with E-state index in [1.165, 1.54) is 11.4 Å². The maximum atomic E-state index is 13.1. The van der Waals surface area contributed by atoms with E-state index >= 15 is 0 Å². The summed E-state index contributed by atoms with van der Waals surface area (Å²) in [7, 11) is -2.21. The molecule has 1 N–H and O–H groups in total. The summed E-state index contributed by atoms with van der Waals surface area (Å²) in [6.45, 7) is 2.45. The van der Waals surface area contributed by atoms with Gasteiger partial charge in [0.1, 0.15) is 10.6 Å². The van der Waals surface area contributed by atoms with Gasteiger partial charge in [-0.25, -0.2) is 8.42 Å². The molecule has 1 aliphatic heterocycles. The molecular formula is C20H23BrN2O4S. The molecule has 8 heteroatoms. The van der Waals surface area contributed by atoms with Crippen LogP contribution in [0.2, 0.25) is 0 Å². The second kappa shape index (κ2) is 8.63. The first-order valence-corrected chi connectivity index (χ1v) is 11.3. The van der Waals surface area contributed by atoms with Gasteiger partial charge in [-0.1, -0.05) is 22.0 Å². The third kappa shape index (κ3) is 4.56. The molecule has 28 heavy (non-hydrogen) atoms. The molecule has 0 aromatic heterocycles. The lowest BCUT2D eigenvalue weighted by molar-refractivity contribution is -0.120. The summed E-state index contributed by atoms with van der Waals surface area (Å²) in [5.74, 6) is 0.0442. The van der Waals surface area contributed by atoms with E-state index in [2.05, 4.69) is 21.2 Å². The SMILES string of the molecule is COc1ccc(C)cc1S(=O)(=O)N1CCC(C(=O)Nc2ccc(Br)cc2)CC1. The van der Waals surface area contributed by atoms with Crippen LogP contribution in [0.15, 0.2) is 51.8 Å². The van der Waals surface area contributed by atoms with E-state index in [0.29, 0.717) is 31.7 Å². The zero-order chi connectivity index (χ0) is 20.3. The summed E-state index contributed by atoms with van der Waals surface area (Å²) < 4.78 is 33.7. The molecule has 6 nitrogen and oxygen atoms in total. The number of benzene rings is 2. The summed E-state index contributed by atoms with van der Waals surface area (Å²) in [5.41, 5.74) is 1.58. The minimum atomic E-state index is -3.67. The van der Waals surface area contributed by atoms with E-state index in [4.69, 9.17) is 4.74 Å². The number of rotatable bonds is 5. The van der Waals surface area contributed by atoms with Crippen molar-refractivity contribution in [2.75, 3.05) is 25.5 Å². The van der Waals surface area contributed by atoms with Crippen molar-refractivity contribution in [2.45, 2.75) is 24.7 Å². The number of nitrogens with zero attached hydrogens (tertiary/aromatic N) is 1. The minimum Gasteiger partial charge on any atom is -0.495 e. The normalized spacial score (nSPS) is 16.0. The van der Waals surface area contributed by atoms with Crippen LogP contribution in [-0.2, 0) is 14.8 Å². The fraction of sp³-hybridized carbons (Fsp3) is 0.350. The third-order valence-electron chi connectivity index (χ3n) is 4.87. The van der Waals surface area contributed by atoms with Crippen LogP contribution < -0.4 is 10.1 Å². The Morgan fingerprint density at radius 2 is 1.79 bits per heavy atom. The number of methoxy groups -OCH3 is 1. The Morgan fingerprint density at radius 1 is 1.14 bits per heavy atom. The first-order valence-electron chi connectivity index (χ1n) is 9.02. The number of carbonyl (C=O) groups excluding carboxylic acids is 1. The molecule has 1 heterocycles. The summed E-state index contributed by atoms with van der Waals surface area (Å²) in [6.07, 6.45) is 0.964. The van der Waals surface area contributed by atoms with E-state index in [1.807, 2.05) is 37.3 Å². The van der Waals surface area contributed by atoms with Crippen molar-refractivity contribution in [1.29, 1.82) is 0 Å². The number of anilines is 1. The molecule has 0 radical (unpaired) electrons. The minimum absolute atomic E-state index is 0.0764. The van der Waals surface area contributed by atoms with Crippen molar-refractivity contribution in [1.82, 2.24) is 4.31 Å². The highest BCUT2D eigenvalue weighted by Crippen LogP contribution is 2.30. The average Bonchev–Trinajstić information content (AvgIpc) is 2.69. The van der Waals surface area contributed by atoms with Gasteiger partial charge in [-0.05, 0) is 61.7 Å². The van der Waals surface area contributed by atoms with Crippen LogP contribution in [0.25, 0.3) is 0 Å². The van der Waals surface area contributed by atoms with Crippen molar-refractivity contribution >= 4 is 37.5 Å². The highest BCUT2D eigenvalue weighted by Gasteiger charge is 2.33. The van der Waals surface area contributed by atoms with Crippen molar-refractivity contribution in [3.05, 3.63) is 52.5 Å². The number of carbonyl (C=O) groups is 1. The molecule has 0 bridgehead atoms. The van der Waals surface area contributed by atoms with Crippen LogP contribution in [0.4, 0.5) is 5.69 Å². The van der Waals surface area contributed by atoms with Gasteiger partial charge < -0.3 is 10.1 Å². The first-order chi connectivity index (χ1) is 13.3. The molecule has 1 amide bonds. The summed E-state index contributed by atoms with van der Waals surface area (Å²) in [5, 5.41) is 2.90. The van der Waals surface area contributed by atoms with Gasteiger partial charge in [0.15, 0.2) is 0 Å². The quantitative estimate of drug-likeness (QED) is 0.726. The van der Waals surface area contributed by atoms with Crippen LogP contribution in [0.3, 0.4) is 0 Å². The number of aryl methyl sites for hydroxylation is 1. The molecule has 2 aromatic rings. The molecule has 0 spiro atoms. The van der Waals surface area contributed by atoms with Crippen LogP contribution in [0, 0.1) is 12.8 Å². The van der Waals surface area contributed by atoms with Crippen LogP contribution in [0.5, 0.6) is 5.75 Å². The average molecular weight is 467 g/mol. The van der Waals surface area contributed by atoms with Gasteiger partial charge in [-0.15, -0.1) is 0 Å². The van der Waals surface area contributed by atoms with Gasteiger partial charge in [0.05, 0.1) is 7.11 Å². The maximum absolute atomic E-state index is 13.1. The van der Waals surface area contributed by atoms with E-state index in [0.717, 1.165) is 15.7 Å². The molecule has 0 atom stereocenters.